The van der Waals surface area contributed by atoms with Crippen LogP contribution in [0, 0.1) is 5.92 Å². The lowest BCUT2D eigenvalue weighted by Crippen LogP contribution is -2.22. The number of benzene rings is 2. The zero-order chi connectivity index (χ0) is 13.2. The quantitative estimate of drug-likeness (QED) is 0.886. The molecule has 0 spiro atoms. The summed E-state index contributed by atoms with van der Waals surface area (Å²) in [7, 11) is 0. The lowest BCUT2D eigenvalue weighted by Gasteiger charge is -2.18. The number of phenolic OH excluding ortho intramolecular Hbond substituents is 1. The number of nitrogens with zero attached hydrogens (tertiary/aromatic N) is 1. The van der Waals surface area contributed by atoms with Crippen molar-refractivity contribution in [3.8, 4) is 5.75 Å². The molecule has 1 fully saturated rings. The maximum atomic E-state index is 10.1. The van der Waals surface area contributed by atoms with Crippen LogP contribution in [-0.4, -0.2) is 29.6 Å². The van der Waals surface area contributed by atoms with Crippen LogP contribution < -0.4 is 5.73 Å². The Labute approximate surface area is 113 Å². The summed E-state index contributed by atoms with van der Waals surface area (Å²) in [6.07, 6.45) is 1.17. The molecule has 1 aliphatic heterocycles. The lowest BCUT2D eigenvalue weighted by molar-refractivity contribution is 0.313. The molecule has 2 aromatic rings. The lowest BCUT2D eigenvalue weighted by atomic mass is 10.0. The molecule has 0 saturated carbocycles. The molecule has 0 bridgehead atoms. The van der Waals surface area contributed by atoms with Gasteiger partial charge >= 0.3 is 0 Å². The Balaban J connectivity index is 1.90. The molecule has 3 N–H and O–H groups in total. The largest absolute Gasteiger partial charge is 0.508 e. The minimum atomic E-state index is 0.398. The summed E-state index contributed by atoms with van der Waals surface area (Å²) < 4.78 is 0. The van der Waals surface area contributed by atoms with Crippen LogP contribution in [0.1, 0.15) is 12.0 Å². The predicted octanol–water partition coefficient (Wildman–Crippen LogP) is 2.33. The van der Waals surface area contributed by atoms with Gasteiger partial charge in [0.1, 0.15) is 5.75 Å². The summed E-state index contributed by atoms with van der Waals surface area (Å²) in [6.45, 7) is 3.69. The summed E-state index contributed by atoms with van der Waals surface area (Å²) in [4.78, 5) is 2.39. The van der Waals surface area contributed by atoms with Gasteiger partial charge in [-0.2, -0.15) is 0 Å². The number of hydrogen-bond acceptors (Lipinski definition) is 3. The van der Waals surface area contributed by atoms with Gasteiger partial charge in [0.25, 0.3) is 0 Å². The number of rotatable bonds is 3. The van der Waals surface area contributed by atoms with Crippen molar-refractivity contribution in [1.82, 2.24) is 4.90 Å². The second kappa shape index (κ2) is 5.19. The van der Waals surface area contributed by atoms with E-state index in [9.17, 15) is 5.11 Å². The van der Waals surface area contributed by atoms with E-state index in [4.69, 9.17) is 5.73 Å². The zero-order valence-electron chi connectivity index (χ0n) is 11.0. The average molecular weight is 256 g/mol. The Kier molecular flexibility index (Phi) is 3.40. The molecule has 1 atom stereocenters. The minimum Gasteiger partial charge on any atom is -0.508 e. The van der Waals surface area contributed by atoms with Crippen LogP contribution in [0.15, 0.2) is 36.4 Å². The van der Waals surface area contributed by atoms with Gasteiger partial charge < -0.3 is 10.8 Å². The van der Waals surface area contributed by atoms with E-state index in [2.05, 4.69) is 17.0 Å². The molecule has 0 radical (unpaired) electrons. The van der Waals surface area contributed by atoms with Crippen molar-refractivity contribution in [3.05, 3.63) is 42.0 Å². The van der Waals surface area contributed by atoms with Gasteiger partial charge in [-0.1, -0.05) is 30.3 Å². The van der Waals surface area contributed by atoms with Crippen molar-refractivity contribution in [3.63, 3.8) is 0 Å². The summed E-state index contributed by atoms with van der Waals surface area (Å²) in [5.74, 6) is 1.01. The van der Waals surface area contributed by atoms with Gasteiger partial charge in [-0.15, -0.1) is 0 Å². The predicted molar refractivity (Wildman–Crippen MR) is 78.1 cm³/mol. The SMILES string of the molecule is NCC1CCN(Cc2c(O)ccc3ccccc23)C1. The van der Waals surface area contributed by atoms with Gasteiger partial charge in [0, 0.05) is 18.7 Å². The summed E-state index contributed by atoms with van der Waals surface area (Å²) in [5, 5.41) is 12.5. The molecule has 3 nitrogen and oxygen atoms in total. The van der Waals surface area contributed by atoms with E-state index < -0.39 is 0 Å². The van der Waals surface area contributed by atoms with Crippen molar-refractivity contribution < 1.29 is 5.11 Å². The zero-order valence-corrected chi connectivity index (χ0v) is 11.0. The van der Waals surface area contributed by atoms with Gasteiger partial charge in [0.15, 0.2) is 0 Å². The molecule has 3 heteroatoms. The first-order chi connectivity index (χ1) is 9.28. The Morgan fingerprint density at radius 1 is 1.21 bits per heavy atom. The van der Waals surface area contributed by atoms with Gasteiger partial charge in [-0.3, -0.25) is 4.90 Å². The molecule has 0 aromatic heterocycles. The number of phenols is 1. The van der Waals surface area contributed by atoms with Crippen LogP contribution in [0.25, 0.3) is 10.8 Å². The monoisotopic (exact) mass is 256 g/mol. The van der Waals surface area contributed by atoms with Crippen LogP contribution in [0.4, 0.5) is 0 Å². The number of aromatic hydroxyl groups is 1. The summed E-state index contributed by atoms with van der Waals surface area (Å²) >= 11 is 0. The van der Waals surface area contributed by atoms with E-state index in [1.54, 1.807) is 6.07 Å². The fourth-order valence-corrected chi connectivity index (χ4v) is 2.96. The van der Waals surface area contributed by atoms with Crippen molar-refractivity contribution in [2.75, 3.05) is 19.6 Å². The average Bonchev–Trinajstić information content (AvgIpc) is 2.90. The van der Waals surface area contributed by atoms with E-state index in [1.807, 2.05) is 18.2 Å². The second-order valence-electron chi connectivity index (χ2n) is 5.41. The molecular weight excluding hydrogens is 236 g/mol. The molecule has 0 amide bonds. The minimum absolute atomic E-state index is 0.398. The molecule has 1 unspecified atom stereocenters. The van der Waals surface area contributed by atoms with Gasteiger partial charge in [0.2, 0.25) is 0 Å². The number of fused-ring (bicyclic) bond motifs is 1. The van der Waals surface area contributed by atoms with E-state index in [-0.39, 0.29) is 0 Å². The third-order valence-electron chi connectivity index (χ3n) is 4.10. The van der Waals surface area contributed by atoms with Crippen molar-refractivity contribution >= 4 is 10.8 Å². The molecule has 1 saturated heterocycles. The maximum Gasteiger partial charge on any atom is 0.120 e. The molecule has 2 aromatic carbocycles. The van der Waals surface area contributed by atoms with Gasteiger partial charge in [0.05, 0.1) is 0 Å². The summed E-state index contributed by atoms with van der Waals surface area (Å²) in [6, 6.07) is 12.0. The van der Waals surface area contributed by atoms with Crippen LogP contribution in [-0.2, 0) is 6.54 Å². The van der Waals surface area contributed by atoms with Gasteiger partial charge in [-0.05, 0) is 42.3 Å². The van der Waals surface area contributed by atoms with E-state index in [0.717, 1.165) is 37.1 Å². The van der Waals surface area contributed by atoms with E-state index in [0.29, 0.717) is 11.7 Å². The van der Waals surface area contributed by atoms with Crippen LogP contribution >= 0.6 is 0 Å². The highest BCUT2D eigenvalue weighted by molar-refractivity contribution is 5.87. The van der Waals surface area contributed by atoms with Crippen LogP contribution in [0.3, 0.4) is 0 Å². The molecule has 1 heterocycles. The molecular formula is C16H20N2O. The number of likely N-dealkylation sites (tertiary alicyclic amines) is 1. The fourth-order valence-electron chi connectivity index (χ4n) is 2.96. The van der Waals surface area contributed by atoms with Crippen LogP contribution in [0.2, 0.25) is 0 Å². The third kappa shape index (κ3) is 2.44. The molecule has 3 rings (SSSR count). The Morgan fingerprint density at radius 3 is 2.84 bits per heavy atom. The van der Waals surface area contributed by atoms with E-state index >= 15 is 0 Å². The number of nitrogens with two attached hydrogens (primary N) is 1. The van der Waals surface area contributed by atoms with E-state index in [1.165, 1.54) is 11.8 Å². The normalized spacial score (nSPS) is 20.2. The molecule has 100 valence electrons. The highest BCUT2D eigenvalue weighted by atomic mass is 16.3. The first-order valence-electron chi connectivity index (χ1n) is 6.90. The smallest absolute Gasteiger partial charge is 0.120 e. The highest BCUT2D eigenvalue weighted by Gasteiger charge is 2.22. The first kappa shape index (κ1) is 12.5. The maximum absolute atomic E-state index is 10.1. The second-order valence-corrected chi connectivity index (χ2v) is 5.41. The fraction of sp³-hybridized carbons (Fsp3) is 0.375. The van der Waals surface area contributed by atoms with Crippen LogP contribution in [0.5, 0.6) is 5.75 Å². The topological polar surface area (TPSA) is 49.5 Å². The Hall–Kier alpha value is -1.58. The Bertz CT molecular complexity index is 582. The molecule has 0 aliphatic carbocycles. The standard InChI is InChI=1S/C16H20N2O/c17-9-12-7-8-18(10-12)11-15-14-4-2-1-3-13(14)5-6-16(15)19/h1-6,12,19H,7-11,17H2. The molecule has 1 aliphatic rings. The van der Waals surface area contributed by atoms with Crippen molar-refractivity contribution in [2.45, 2.75) is 13.0 Å². The third-order valence-corrected chi connectivity index (χ3v) is 4.10. The first-order valence-corrected chi connectivity index (χ1v) is 6.90. The van der Waals surface area contributed by atoms with Crippen molar-refractivity contribution in [1.29, 1.82) is 0 Å². The highest BCUT2D eigenvalue weighted by Crippen LogP contribution is 2.29. The van der Waals surface area contributed by atoms with Gasteiger partial charge in [-0.25, -0.2) is 0 Å². The Morgan fingerprint density at radius 2 is 2.05 bits per heavy atom. The molecule has 19 heavy (non-hydrogen) atoms. The number of hydrogen-bond donors (Lipinski definition) is 2. The van der Waals surface area contributed by atoms with Crippen molar-refractivity contribution in [2.24, 2.45) is 11.7 Å². The summed E-state index contributed by atoms with van der Waals surface area (Å²) in [5.41, 5.74) is 6.77.